The molecule has 1 saturated heterocycles. The minimum Gasteiger partial charge on any atom is -0.463 e. The normalized spacial score (nSPS) is 28.0. The molecule has 2 aliphatic heterocycles. The first-order chi connectivity index (χ1) is 18.6. The average molecular weight is 535 g/mol. The number of aliphatic imine (C=N–C) groups is 1. The van der Waals surface area contributed by atoms with E-state index in [0.29, 0.717) is 42.2 Å². The summed E-state index contributed by atoms with van der Waals surface area (Å²) in [6, 6.07) is 8.77. The first-order valence-corrected chi connectivity index (χ1v) is 14.3. The van der Waals surface area contributed by atoms with Crippen molar-refractivity contribution in [2.45, 2.75) is 82.8 Å². The molecule has 9 heteroatoms. The second kappa shape index (κ2) is 11.2. The van der Waals surface area contributed by atoms with E-state index in [4.69, 9.17) is 15.5 Å². The number of hydrogen-bond acceptors (Lipinski definition) is 8. The highest BCUT2D eigenvalue weighted by Gasteiger charge is 2.35. The molecule has 1 atom stereocenters. The highest BCUT2D eigenvalue weighted by Crippen LogP contribution is 2.40. The molecule has 0 spiro atoms. The van der Waals surface area contributed by atoms with Gasteiger partial charge in [0.1, 0.15) is 17.5 Å². The Balaban J connectivity index is 1.17. The van der Waals surface area contributed by atoms with Gasteiger partial charge in [-0.25, -0.2) is 9.98 Å². The Kier molecular flexibility index (Phi) is 7.91. The number of fused-ring (bicyclic) bond motifs is 1. The van der Waals surface area contributed by atoms with Crippen molar-refractivity contribution in [3.63, 3.8) is 0 Å². The first-order valence-electron chi connectivity index (χ1n) is 14.3. The van der Waals surface area contributed by atoms with E-state index in [0.717, 1.165) is 43.8 Å². The number of hydrogen-bond donors (Lipinski definition) is 3. The van der Waals surface area contributed by atoms with Crippen LogP contribution in [0.4, 0.5) is 11.5 Å². The molecule has 9 nitrogen and oxygen atoms in total. The molecular weight excluding hydrogens is 492 g/mol. The number of carbonyl (C=O) groups is 1. The number of carbonyl (C=O) groups excluding carboxylic acids is 1. The van der Waals surface area contributed by atoms with Crippen LogP contribution in [-0.2, 0) is 4.79 Å². The van der Waals surface area contributed by atoms with Crippen molar-refractivity contribution in [1.29, 1.82) is 0 Å². The van der Waals surface area contributed by atoms with Gasteiger partial charge in [0.05, 0.1) is 5.71 Å². The van der Waals surface area contributed by atoms with E-state index in [1.54, 1.807) is 6.92 Å². The maximum Gasteiger partial charge on any atom is 0.251 e. The number of nitrogens with one attached hydrogen (secondary N) is 1. The van der Waals surface area contributed by atoms with Crippen molar-refractivity contribution in [2.24, 2.45) is 10.9 Å². The number of amides is 1. The second-order valence-corrected chi connectivity index (χ2v) is 12.1. The molecule has 1 aliphatic carbocycles. The zero-order chi connectivity index (χ0) is 27.6. The molecule has 5 rings (SSSR count). The van der Waals surface area contributed by atoms with E-state index in [-0.39, 0.29) is 5.91 Å². The highest BCUT2D eigenvalue weighted by atomic mass is 16.5. The third kappa shape index (κ3) is 6.25. The summed E-state index contributed by atoms with van der Waals surface area (Å²) in [5.41, 5.74) is 7.88. The zero-order valence-corrected chi connectivity index (χ0v) is 23.4. The topological polar surface area (TPSA) is 126 Å². The maximum atomic E-state index is 12.2. The van der Waals surface area contributed by atoms with Crippen molar-refractivity contribution < 1.29 is 14.6 Å². The molecule has 4 N–H and O–H groups in total. The zero-order valence-electron chi connectivity index (χ0n) is 23.4. The third-order valence-corrected chi connectivity index (χ3v) is 8.57. The molecule has 210 valence electrons. The van der Waals surface area contributed by atoms with Gasteiger partial charge in [-0.3, -0.25) is 4.79 Å². The van der Waals surface area contributed by atoms with Gasteiger partial charge in [-0.1, -0.05) is 24.3 Å². The summed E-state index contributed by atoms with van der Waals surface area (Å²) in [5.74, 6) is 1.75. The van der Waals surface area contributed by atoms with Crippen molar-refractivity contribution in [1.82, 2.24) is 20.2 Å². The maximum absolute atomic E-state index is 12.2. The van der Waals surface area contributed by atoms with Crippen molar-refractivity contribution >= 4 is 23.1 Å². The van der Waals surface area contributed by atoms with Gasteiger partial charge in [0.2, 0.25) is 5.88 Å². The van der Waals surface area contributed by atoms with Crippen molar-refractivity contribution in [2.75, 3.05) is 31.9 Å². The number of benzene rings is 1. The van der Waals surface area contributed by atoms with Crippen LogP contribution in [0, 0.1) is 5.92 Å². The van der Waals surface area contributed by atoms with E-state index in [9.17, 15) is 9.90 Å². The number of rotatable bonds is 4. The van der Waals surface area contributed by atoms with E-state index in [2.05, 4.69) is 44.5 Å². The minimum atomic E-state index is -1.25. The van der Waals surface area contributed by atoms with Crippen LogP contribution < -0.4 is 15.8 Å². The number of aromatic nitrogens is 2. The van der Waals surface area contributed by atoms with Gasteiger partial charge in [0.15, 0.2) is 11.5 Å². The molecule has 1 aromatic heterocycles. The number of nitrogens with two attached hydrogens (primary N) is 1. The average Bonchev–Trinajstić information content (AvgIpc) is 2.90. The summed E-state index contributed by atoms with van der Waals surface area (Å²) < 4.78 is 6.13. The number of ether oxygens (including phenoxy) is 1. The fourth-order valence-corrected chi connectivity index (χ4v) is 6.19. The van der Waals surface area contributed by atoms with Gasteiger partial charge < -0.3 is 25.8 Å². The molecule has 3 heterocycles. The molecule has 1 saturated carbocycles. The SMILES string of the molecule is CC1(O)CCCCN(CC2CCC(c3ccc(C4=Nc5c(N)ncnc5OC4(C)C)cc3)CC2)CCNC1=O. The van der Waals surface area contributed by atoms with E-state index >= 15 is 0 Å². The number of nitrogen functional groups attached to an aromatic ring is 1. The molecule has 0 radical (unpaired) electrons. The smallest absolute Gasteiger partial charge is 0.251 e. The quantitative estimate of drug-likeness (QED) is 0.542. The standard InChI is InChI=1S/C30H42N6O3/c1-29(2)25(35-24-26(31)33-19-34-27(24)39-29)23-12-10-22(11-13-23)21-8-6-20(7-9-21)18-36-16-5-4-14-30(3,38)28(37)32-15-17-36/h10-13,19-21,38H,4-9,14-18H2,1-3H3,(H,32,37)(H2,31,33,34). The molecule has 1 amide bonds. The van der Waals surface area contributed by atoms with Crippen LogP contribution in [0.15, 0.2) is 35.6 Å². The first kappa shape index (κ1) is 27.5. The largest absolute Gasteiger partial charge is 0.463 e. The summed E-state index contributed by atoms with van der Waals surface area (Å²) in [7, 11) is 0. The molecular formula is C30H42N6O3. The van der Waals surface area contributed by atoms with Crippen LogP contribution in [0.25, 0.3) is 0 Å². The second-order valence-electron chi connectivity index (χ2n) is 12.1. The third-order valence-electron chi connectivity index (χ3n) is 8.57. The summed E-state index contributed by atoms with van der Waals surface area (Å²) in [4.78, 5) is 27.8. The molecule has 2 aromatic rings. The summed E-state index contributed by atoms with van der Waals surface area (Å²) in [6.07, 6.45) is 8.61. The molecule has 39 heavy (non-hydrogen) atoms. The summed E-state index contributed by atoms with van der Waals surface area (Å²) >= 11 is 0. The van der Waals surface area contributed by atoms with E-state index in [1.165, 1.54) is 37.6 Å². The highest BCUT2D eigenvalue weighted by molar-refractivity contribution is 6.09. The Morgan fingerprint density at radius 3 is 2.56 bits per heavy atom. The van der Waals surface area contributed by atoms with Crippen LogP contribution in [-0.4, -0.2) is 69.0 Å². The summed E-state index contributed by atoms with van der Waals surface area (Å²) in [5, 5.41) is 13.2. The molecule has 1 unspecified atom stereocenters. The molecule has 3 aliphatic rings. The van der Waals surface area contributed by atoms with Gasteiger partial charge in [0, 0.05) is 25.2 Å². The Bertz CT molecular complexity index is 1200. The predicted octanol–water partition coefficient (Wildman–Crippen LogP) is 3.98. The fraction of sp³-hybridized carbons (Fsp3) is 0.600. The Morgan fingerprint density at radius 1 is 1.08 bits per heavy atom. The monoisotopic (exact) mass is 534 g/mol. The number of nitrogens with zero attached hydrogens (tertiary/aromatic N) is 4. The molecule has 2 fully saturated rings. The van der Waals surface area contributed by atoms with Crippen LogP contribution in [0.5, 0.6) is 5.88 Å². The van der Waals surface area contributed by atoms with Gasteiger partial charge in [-0.2, -0.15) is 4.98 Å². The van der Waals surface area contributed by atoms with Gasteiger partial charge >= 0.3 is 0 Å². The Morgan fingerprint density at radius 2 is 1.82 bits per heavy atom. The van der Waals surface area contributed by atoms with E-state index in [1.807, 2.05) is 13.8 Å². The Hall–Kier alpha value is -3.04. The lowest BCUT2D eigenvalue weighted by molar-refractivity contribution is -0.139. The lowest BCUT2D eigenvalue weighted by Gasteiger charge is -2.34. The van der Waals surface area contributed by atoms with Crippen LogP contribution in [0.2, 0.25) is 0 Å². The Labute approximate surface area is 231 Å². The van der Waals surface area contributed by atoms with Gasteiger partial charge in [-0.15, -0.1) is 0 Å². The van der Waals surface area contributed by atoms with E-state index < -0.39 is 11.2 Å². The lowest BCUT2D eigenvalue weighted by Crippen LogP contribution is -2.48. The van der Waals surface area contributed by atoms with Crippen molar-refractivity contribution in [3.8, 4) is 5.88 Å². The van der Waals surface area contributed by atoms with Crippen LogP contribution in [0.1, 0.15) is 82.8 Å². The van der Waals surface area contributed by atoms with Gasteiger partial charge in [0.25, 0.3) is 5.91 Å². The van der Waals surface area contributed by atoms with Crippen LogP contribution >= 0.6 is 0 Å². The predicted molar refractivity (Wildman–Crippen MR) is 152 cm³/mol. The molecule has 1 aromatic carbocycles. The minimum absolute atomic E-state index is 0.245. The fourth-order valence-electron chi connectivity index (χ4n) is 6.19. The number of anilines is 1. The van der Waals surface area contributed by atoms with Crippen LogP contribution in [0.3, 0.4) is 0 Å². The van der Waals surface area contributed by atoms with Crippen molar-refractivity contribution in [3.05, 3.63) is 41.7 Å². The summed E-state index contributed by atoms with van der Waals surface area (Å²) in [6.45, 7) is 9.16. The van der Waals surface area contributed by atoms with Gasteiger partial charge in [-0.05, 0) is 89.7 Å². The number of aliphatic hydroxyl groups is 1. The molecule has 0 bridgehead atoms. The lowest BCUT2D eigenvalue weighted by atomic mass is 9.78.